The molecule has 2 unspecified atom stereocenters. The average Bonchev–Trinajstić information content (AvgIpc) is 2.69. The molecule has 1 heterocycles. The number of carbonyl (C=O) groups excluding carboxylic acids is 1. The van der Waals surface area contributed by atoms with Crippen molar-refractivity contribution in [3.05, 3.63) is 70.8 Å². The van der Waals surface area contributed by atoms with E-state index in [0.717, 1.165) is 37.3 Å². The third-order valence-corrected chi connectivity index (χ3v) is 6.04. The van der Waals surface area contributed by atoms with Crippen LogP contribution in [0.15, 0.2) is 48.5 Å². The Labute approximate surface area is 162 Å². The van der Waals surface area contributed by atoms with Gasteiger partial charge in [0.1, 0.15) is 0 Å². The van der Waals surface area contributed by atoms with Gasteiger partial charge in [0.25, 0.3) is 5.91 Å². The van der Waals surface area contributed by atoms with Crippen molar-refractivity contribution in [2.75, 3.05) is 13.1 Å². The Morgan fingerprint density at radius 2 is 1.89 bits per heavy atom. The second-order valence-corrected chi connectivity index (χ2v) is 8.30. The highest BCUT2D eigenvalue weighted by atomic mass is 16.1. The molecule has 4 rings (SSSR count). The van der Waals surface area contributed by atoms with Crippen LogP contribution in [-0.2, 0) is 13.0 Å². The van der Waals surface area contributed by atoms with Gasteiger partial charge in [-0.05, 0) is 73.4 Å². The normalized spacial score (nSPS) is 22.9. The van der Waals surface area contributed by atoms with Gasteiger partial charge in [0.05, 0.1) is 6.04 Å². The van der Waals surface area contributed by atoms with Crippen LogP contribution in [0.3, 0.4) is 0 Å². The molecule has 1 amide bonds. The second-order valence-electron chi connectivity index (χ2n) is 8.30. The molecule has 1 aliphatic carbocycles. The number of benzene rings is 2. The molecule has 3 nitrogen and oxygen atoms in total. The number of hydrogen-bond donors (Lipinski definition) is 1. The Hall–Kier alpha value is -2.13. The summed E-state index contributed by atoms with van der Waals surface area (Å²) in [6, 6.07) is 16.8. The molecule has 2 aliphatic rings. The molecule has 1 saturated heterocycles. The van der Waals surface area contributed by atoms with Gasteiger partial charge in [-0.3, -0.25) is 9.69 Å². The predicted molar refractivity (Wildman–Crippen MR) is 110 cm³/mol. The standard InChI is InChI=1S/C24H30N2O/c1-18-6-5-15-26(16-18)17-19-11-13-21(14-12-19)24(27)25-23-10-4-8-20-7-2-3-9-22(20)23/h2-3,7,9,11-14,18,23H,4-6,8,10,15-17H2,1H3,(H,25,27). The summed E-state index contributed by atoms with van der Waals surface area (Å²) in [4.78, 5) is 15.3. The first-order chi connectivity index (χ1) is 13.2. The van der Waals surface area contributed by atoms with Gasteiger partial charge < -0.3 is 5.32 Å². The van der Waals surface area contributed by atoms with E-state index in [2.05, 4.69) is 53.5 Å². The number of aryl methyl sites for hydroxylation is 1. The quantitative estimate of drug-likeness (QED) is 0.853. The fourth-order valence-electron chi connectivity index (χ4n) is 4.60. The van der Waals surface area contributed by atoms with E-state index in [9.17, 15) is 4.79 Å². The fourth-order valence-corrected chi connectivity index (χ4v) is 4.60. The molecule has 27 heavy (non-hydrogen) atoms. The summed E-state index contributed by atoms with van der Waals surface area (Å²) in [5.74, 6) is 0.831. The molecule has 0 radical (unpaired) electrons. The first kappa shape index (κ1) is 18.2. The van der Waals surface area contributed by atoms with Crippen molar-refractivity contribution in [1.82, 2.24) is 10.2 Å². The molecule has 2 aromatic carbocycles. The Morgan fingerprint density at radius 3 is 2.70 bits per heavy atom. The lowest BCUT2D eigenvalue weighted by molar-refractivity contribution is 0.0932. The largest absolute Gasteiger partial charge is 0.345 e. The second kappa shape index (κ2) is 8.26. The zero-order chi connectivity index (χ0) is 18.6. The number of nitrogens with zero attached hydrogens (tertiary/aromatic N) is 1. The highest BCUT2D eigenvalue weighted by Gasteiger charge is 2.22. The molecule has 2 atom stereocenters. The maximum atomic E-state index is 12.7. The van der Waals surface area contributed by atoms with Gasteiger partial charge in [-0.2, -0.15) is 0 Å². The zero-order valence-electron chi connectivity index (χ0n) is 16.3. The molecule has 142 valence electrons. The number of fused-ring (bicyclic) bond motifs is 1. The molecule has 1 fully saturated rings. The molecule has 2 aromatic rings. The summed E-state index contributed by atoms with van der Waals surface area (Å²) in [6.45, 7) is 5.70. The van der Waals surface area contributed by atoms with Gasteiger partial charge >= 0.3 is 0 Å². The first-order valence-corrected chi connectivity index (χ1v) is 10.4. The predicted octanol–water partition coefficient (Wildman–Crippen LogP) is 4.73. The van der Waals surface area contributed by atoms with Gasteiger partial charge in [0, 0.05) is 18.7 Å². The number of hydrogen-bond acceptors (Lipinski definition) is 2. The van der Waals surface area contributed by atoms with E-state index in [1.165, 1.54) is 42.6 Å². The van der Waals surface area contributed by atoms with Crippen LogP contribution < -0.4 is 5.32 Å². The van der Waals surface area contributed by atoms with Crippen molar-refractivity contribution in [2.45, 2.75) is 51.6 Å². The smallest absolute Gasteiger partial charge is 0.251 e. The fraction of sp³-hybridized carbons (Fsp3) is 0.458. The van der Waals surface area contributed by atoms with Crippen molar-refractivity contribution in [1.29, 1.82) is 0 Å². The van der Waals surface area contributed by atoms with Gasteiger partial charge in [-0.25, -0.2) is 0 Å². The lowest BCUT2D eigenvalue weighted by atomic mass is 9.87. The highest BCUT2D eigenvalue weighted by Crippen LogP contribution is 2.29. The van der Waals surface area contributed by atoms with Crippen LogP contribution >= 0.6 is 0 Å². The topological polar surface area (TPSA) is 32.3 Å². The number of likely N-dealkylation sites (tertiary alicyclic amines) is 1. The number of carbonyl (C=O) groups is 1. The Balaban J connectivity index is 1.38. The summed E-state index contributed by atoms with van der Waals surface area (Å²) in [5, 5.41) is 3.25. The minimum atomic E-state index is 0.0369. The molecule has 0 aromatic heterocycles. The van der Waals surface area contributed by atoms with Crippen molar-refractivity contribution in [2.24, 2.45) is 5.92 Å². The van der Waals surface area contributed by atoms with Crippen LogP contribution in [0.4, 0.5) is 0 Å². The molecule has 3 heteroatoms. The summed E-state index contributed by atoms with van der Waals surface area (Å²) in [5.41, 5.74) is 4.71. The van der Waals surface area contributed by atoms with Crippen LogP contribution in [0.1, 0.15) is 65.7 Å². The third-order valence-electron chi connectivity index (χ3n) is 6.04. The van der Waals surface area contributed by atoms with Crippen molar-refractivity contribution in [3.8, 4) is 0 Å². The molecule has 0 saturated carbocycles. The summed E-state index contributed by atoms with van der Waals surface area (Å²) in [6.07, 6.45) is 5.92. The van der Waals surface area contributed by atoms with Crippen LogP contribution in [0, 0.1) is 5.92 Å². The maximum Gasteiger partial charge on any atom is 0.251 e. The van der Waals surface area contributed by atoms with E-state index in [1.54, 1.807) is 0 Å². The van der Waals surface area contributed by atoms with Crippen LogP contribution in [-0.4, -0.2) is 23.9 Å². The third kappa shape index (κ3) is 4.41. The van der Waals surface area contributed by atoms with E-state index < -0.39 is 0 Å². The van der Waals surface area contributed by atoms with Crippen molar-refractivity contribution >= 4 is 5.91 Å². The number of nitrogens with one attached hydrogen (secondary N) is 1. The highest BCUT2D eigenvalue weighted by molar-refractivity contribution is 5.94. The van der Waals surface area contributed by atoms with Crippen LogP contribution in [0.25, 0.3) is 0 Å². The van der Waals surface area contributed by atoms with Crippen LogP contribution in [0.2, 0.25) is 0 Å². The first-order valence-electron chi connectivity index (χ1n) is 10.4. The summed E-state index contributed by atoms with van der Waals surface area (Å²) < 4.78 is 0. The number of rotatable bonds is 4. The van der Waals surface area contributed by atoms with E-state index in [0.29, 0.717) is 0 Å². The van der Waals surface area contributed by atoms with E-state index in [4.69, 9.17) is 0 Å². The maximum absolute atomic E-state index is 12.7. The zero-order valence-corrected chi connectivity index (χ0v) is 16.3. The van der Waals surface area contributed by atoms with E-state index in [-0.39, 0.29) is 11.9 Å². The van der Waals surface area contributed by atoms with Gasteiger partial charge in [0.15, 0.2) is 0 Å². The molecular weight excluding hydrogens is 332 g/mol. The Kier molecular flexibility index (Phi) is 5.58. The molecule has 1 aliphatic heterocycles. The number of piperidine rings is 1. The molecule has 0 spiro atoms. The Morgan fingerprint density at radius 1 is 1.07 bits per heavy atom. The monoisotopic (exact) mass is 362 g/mol. The molecular formula is C24H30N2O. The van der Waals surface area contributed by atoms with Gasteiger partial charge in [0.2, 0.25) is 0 Å². The average molecular weight is 363 g/mol. The Bertz CT molecular complexity index is 783. The van der Waals surface area contributed by atoms with Crippen LogP contribution in [0.5, 0.6) is 0 Å². The SMILES string of the molecule is CC1CCCN(Cc2ccc(C(=O)NC3CCCc4ccccc43)cc2)C1. The van der Waals surface area contributed by atoms with Crippen molar-refractivity contribution < 1.29 is 4.79 Å². The molecule has 0 bridgehead atoms. The lowest BCUT2D eigenvalue weighted by Crippen LogP contribution is -2.33. The van der Waals surface area contributed by atoms with E-state index in [1.807, 2.05) is 12.1 Å². The minimum absolute atomic E-state index is 0.0369. The summed E-state index contributed by atoms with van der Waals surface area (Å²) in [7, 11) is 0. The summed E-state index contributed by atoms with van der Waals surface area (Å²) >= 11 is 0. The van der Waals surface area contributed by atoms with Gasteiger partial charge in [-0.1, -0.05) is 43.3 Å². The minimum Gasteiger partial charge on any atom is -0.345 e. The van der Waals surface area contributed by atoms with Crippen molar-refractivity contribution in [3.63, 3.8) is 0 Å². The van der Waals surface area contributed by atoms with E-state index >= 15 is 0 Å². The lowest BCUT2D eigenvalue weighted by Gasteiger charge is -2.30. The van der Waals surface area contributed by atoms with Gasteiger partial charge in [-0.15, -0.1) is 0 Å². The molecule has 1 N–H and O–H groups in total. The number of amides is 1.